The summed E-state index contributed by atoms with van der Waals surface area (Å²) >= 11 is 0. The number of sulfone groups is 1. The Labute approximate surface area is 221 Å². The SMILES string of the molecule is CS(=O)(=O)c1c(C2c3cn(C(=O)c4cnn[nH]4)cc32)nc2c(-c3ccc(-c4ccccc4)nc3)cnn2c1N. The highest BCUT2D eigenvalue weighted by molar-refractivity contribution is 7.91. The Bertz CT molecular complexity index is 1990. The van der Waals surface area contributed by atoms with E-state index in [0.717, 1.165) is 34.2 Å². The summed E-state index contributed by atoms with van der Waals surface area (Å²) in [5.74, 6) is -0.769. The number of nitrogen functional groups attached to an aromatic ring is 1. The number of benzene rings is 1. The van der Waals surface area contributed by atoms with E-state index < -0.39 is 15.8 Å². The third-order valence-corrected chi connectivity index (χ3v) is 7.92. The van der Waals surface area contributed by atoms with Gasteiger partial charge in [0.05, 0.1) is 29.7 Å². The first kappa shape index (κ1) is 23.0. The number of hydrogen-bond donors (Lipinski definition) is 2. The van der Waals surface area contributed by atoms with Crippen molar-refractivity contribution in [1.82, 2.24) is 39.6 Å². The van der Waals surface area contributed by atoms with Crippen molar-refractivity contribution in [2.24, 2.45) is 0 Å². The second kappa shape index (κ2) is 8.16. The number of nitrogens with two attached hydrogens (primary N) is 1. The second-order valence-electron chi connectivity index (χ2n) is 9.26. The van der Waals surface area contributed by atoms with Gasteiger partial charge >= 0.3 is 0 Å². The Balaban J connectivity index is 1.31. The summed E-state index contributed by atoms with van der Waals surface area (Å²) in [7, 11) is -3.77. The van der Waals surface area contributed by atoms with Crippen molar-refractivity contribution in [3.05, 3.63) is 96.0 Å². The van der Waals surface area contributed by atoms with Crippen molar-refractivity contribution < 1.29 is 13.2 Å². The molecule has 0 amide bonds. The lowest BCUT2D eigenvalue weighted by molar-refractivity contribution is 0.0954. The van der Waals surface area contributed by atoms with Crippen molar-refractivity contribution in [3.8, 4) is 22.4 Å². The minimum Gasteiger partial charge on any atom is -0.382 e. The molecule has 1 aliphatic rings. The Hall–Kier alpha value is -5.17. The molecule has 0 spiro atoms. The van der Waals surface area contributed by atoms with E-state index in [9.17, 15) is 13.2 Å². The lowest BCUT2D eigenvalue weighted by Crippen LogP contribution is -2.15. The molecule has 0 unspecified atom stereocenters. The normalized spacial score (nSPS) is 13.1. The number of fused-ring (bicyclic) bond motifs is 2. The first-order chi connectivity index (χ1) is 18.8. The van der Waals surface area contributed by atoms with E-state index in [-0.39, 0.29) is 22.3 Å². The fourth-order valence-corrected chi connectivity index (χ4v) is 5.88. The van der Waals surface area contributed by atoms with Gasteiger partial charge in [0.2, 0.25) is 0 Å². The number of aromatic nitrogens is 8. The van der Waals surface area contributed by atoms with Crippen LogP contribution in [0, 0.1) is 0 Å². The van der Waals surface area contributed by atoms with Gasteiger partial charge in [-0.2, -0.15) is 9.61 Å². The van der Waals surface area contributed by atoms with Crippen molar-refractivity contribution in [2.75, 3.05) is 12.0 Å². The average Bonchev–Trinajstić information content (AvgIpc) is 3.43. The zero-order valence-electron chi connectivity index (χ0n) is 20.3. The van der Waals surface area contributed by atoms with E-state index in [2.05, 4.69) is 25.5 Å². The first-order valence-electron chi connectivity index (χ1n) is 11.8. The molecule has 0 bridgehead atoms. The van der Waals surface area contributed by atoms with E-state index in [4.69, 9.17) is 10.7 Å². The number of nitrogens with zero attached hydrogens (tertiary/aromatic N) is 7. The third-order valence-electron chi connectivity index (χ3n) is 6.76. The second-order valence-corrected chi connectivity index (χ2v) is 11.2. The molecule has 5 aromatic heterocycles. The van der Waals surface area contributed by atoms with Crippen LogP contribution in [0.25, 0.3) is 28.0 Å². The lowest BCUT2D eigenvalue weighted by Gasteiger charge is -2.13. The van der Waals surface area contributed by atoms with Gasteiger partial charge in [-0.3, -0.25) is 19.4 Å². The number of carbonyl (C=O) groups is 1. The van der Waals surface area contributed by atoms with Gasteiger partial charge in [-0.05, 0) is 17.2 Å². The van der Waals surface area contributed by atoms with Gasteiger partial charge in [0.25, 0.3) is 5.91 Å². The summed E-state index contributed by atoms with van der Waals surface area (Å²) in [4.78, 5) is 21.9. The Morgan fingerprint density at radius 2 is 1.77 bits per heavy atom. The van der Waals surface area contributed by atoms with E-state index >= 15 is 0 Å². The molecule has 0 radical (unpaired) electrons. The molecule has 0 saturated heterocycles. The quantitative estimate of drug-likeness (QED) is 0.335. The number of aromatic amines is 1. The fourth-order valence-electron chi connectivity index (χ4n) is 4.87. The summed E-state index contributed by atoms with van der Waals surface area (Å²) in [5, 5.41) is 14.1. The number of hydrogen-bond acceptors (Lipinski definition) is 9. The van der Waals surface area contributed by atoms with Crippen LogP contribution in [0.4, 0.5) is 5.82 Å². The minimum atomic E-state index is -3.77. The van der Waals surface area contributed by atoms with E-state index in [1.54, 1.807) is 24.8 Å². The molecule has 1 aliphatic carbocycles. The topological polar surface area (TPSA) is 167 Å². The van der Waals surface area contributed by atoms with Gasteiger partial charge in [-0.25, -0.2) is 13.4 Å². The Morgan fingerprint density at radius 1 is 1.00 bits per heavy atom. The molecule has 13 heteroatoms. The summed E-state index contributed by atoms with van der Waals surface area (Å²) in [6.45, 7) is 0. The van der Waals surface area contributed by atoms with Crippen LogP contribution in [-0.4, -0.2) is 60.1 Å². The van der Waals surface area contributed by atoms with Crippen LogP contribution in [0.1, 0.15) is 33.2 Å². The largest absolute Gasteiger partial charge is 0.382 e. The molecule has 5 heterocycles. The highest BCUT2D eigenvalue weighted by Crippen LogP contribution is 2.51. The van der Waals surface area contributed by atoms with Gasteiger partial charge < -0.3 is 5.73 Å². The zero-order valence-corrected chi connectivity index (χ0v) is 21.2. The van der Waals surface area contributed by atoms with Crippen LogP contribution in [-0.2, 0) is 9.84 Å². The third kappa shape index (κ3) is 3.62. The molecule has 192 valence electrons. The van der Waals surface area contributed by atoms with Gasteiger partial charge in [0.1, 0.15) is 16.4 Å². The van der Waals surface area contributed by atoms with E-state index in [1.165, 1.54) is 15.3 Å². The molecule has 3 N–H and O–H groups in total. The van der Waals surface area contributed by atoms with Crippen LogP contribution >= 0.6 is 0 Å². The molecule has 1 aromatic carbocycles. The smallest absolute Gasteiger partial charge is 0.281 e. The maximum atomic E-state index is 12.9. The zero-order chi connectivity index (χ0) is 26.9. The van der Waals surface area contributed by atoms with Crippen molar-refractivity contribution in [3.63, 3.8) is 0 Å². The van der Waals surface area contributed by atoms with Crippen LogP contribution in [0.5, 0.6) is 0 Å². The molecule has 39 heavy (non-hydrogen) atoms. The highest BCUT2D eigenvalue weighted by Gasteiger charge is 2.43. The maximum absolute atomic E-state index is 12.9. The molecule has 0 fully saturated rings. The Kier molecular flexibility index (Phi) is 4.81. The van der Waals surface area contributed by atoms with Gasteiger partial charge in [0.15, 0.2) is 15.5 Å². The van der Waals surface area contributed by atoms with Gasteiger partial charge in [-0.15, -0.1) is 5.10 Å². The molecule has 6 aromatic rings. The lowest BCUT2D eigenvalue weighted by atomic mass is 10.1. The molecular weight excluding hydrogens is 518 g/mol. The molecule has 0 aliphatic heterocycles. The number of carbonyl (C=O) groups excluding carboxylic acids is 1. The number of nitrogens with one attached hydrogen (secondary N) is 1. The summed E-state index contributed by atoms with van der Waals surface area (Å²) in [6.07, 6.45) is 9.06. The molecule has 0 atom stereocenters. The number of H-pyrrole nitrogens is 1. The number of rotatable bonds is 5. The molecule has 0 saturated carbocycles. The van der Waals surface area contributed by atoms with Crippen molar-refractivity contribution >= 4 is 27.2 Å². The predicted molar refractivity (Wildman–Crippen MR) is 141 cm³/mol. The average molecular weight is 538 g/mol. The van der Waals surface area contributed by atoms with Gasteiger partial charge in [0, 0.05) is 41.5 Å². The minimum absolute atomic E-state index is 0.0275. The number of anilines is 1. The van der Waals surface area contributed by atoms with E-state index in [1.807, 2.05) is 42.5 Å². The van der Waals surface area contributed by atoms with Crippen LogP contribution in [0.15, 0.2) is 78.3 Å². The number of pyridine rings is 1. The summed E-state index contributed by atoms with van der Waals surface area (Å²) < 4.78 is 28.5. The van der Waals surface area contributed by atoms with E-state index in [0.29, 0.717) is 16.9 Å². The Morgan fingerprint density at radius 3 is 2.41 bits per heavy atom. The fraction of sp³-hybridized carbons (Fsp3) is 0.0769. The highest BCUT2D eigenvalue weighted by atomic mass is 32.2. The van der Waals surface area contributed by atoms with Gasteiger partial charge in [-0.1, -0.05) is 41.6 Å². The molecule has 7 rings (SSSR count). The first-order valence-corrected chi connectivity index (χ1v) is 13.7. The van der Waals surface area contributed by atoms with Crippen molar-refractivity contribution in [1.29, 1.82) is 0 Å². The van der Waals surface area contributed by atoms with Crippen LogP contribution in [0.2, 0.25) is 0 Å². The van der Waals surface area contributed by atoms with Crippen LogP contribution in [0.3, 0.4) is 0 Å². The van der Waals surface area contributed by atoms with Crippen molar-refractivity contribution in [2.45, 2.75) is 10.8 Å². The molecule has 12 nitrogen and oxygen atoms in total. The summed E-state index contributed by atoms with van der Waals surface area (Å²) in [6, 6.07) is 13.6. The molecular formula is C26H19N9O3S. The monoisotopic (exact) mass is 537 g/mol. The predicted octanol–water partition coefficient (Wildman–Crippen LogP) is 2.55. The standard InChI is InChI=1S/C26H19N9O3S/c1-39(37,38)23-22(21-17-12-34(13-18(17)21)26(36)20-11-29-33-32-20)31-25-16(10-30-35(25)24(23)27)15-7-8-19(28-9-15)14-5-3-2-4-6-14/h2-13,21H,27H2,1H3,(H,29,32,33). The summed E-state index contributed by atoms with van der Waals surface area (Å²) in [5.41, 5.74) is 12.1. The maximum Gasteiger partial charge on any atom is 0.281 e. The van der Waals surface area contributed by atoms with Crippen LogP contribution < -0.4 is 5.73 Å².